The summed E-state index contributed by atoms with van der Waals surface area (Å²) in [6.07, 6.45) is 0.583. The number of hydrogen-bond acceptors (Lipinski definition) is 5. The Kier molecular flexibility index (Phi) is 4.17. The molecule has 0 fully saturated rings. The summed E-state index contributed by atoms with van der Waals surface area (Å²) in [5.41, 5.74) is -0.00704. The molecule has 0 aromatic rings. The van der Waals surface area contributed by atoms with Gasteiger partial charge in [0.05, 0.1) is 5.70 Å². The van der Waals surface area contributed by atoms with Gasteiger partial charge in [-0.05, 0) is 5.41 Å². The molecule has 0 bridgehead atoms. The summed E-state index contributed by atoms with van der Waals surface area (Å²) < 4.78 is 0. The Morgan fingerprint density at radius 3 is 3.07 bits per heavy atom. The first-order chi connectivity index (χ1) is 7.20. The van der Waals surface area contributed by atoms with Crippen LogP contribution in [0.5, 0.6) is 0 Å². The van der Waals surface area contributed by atoms with E-state index in [4.69, 9.17) is 5.11 Å². The summed E-state index contributed by atoms with van der Waals surface area (Å²) in [5.74, 6) is -0.486. The second-order valence-electron chi connectivity index (χ2n) is 2.60. The molecule has 0 aromatic carbocycles. The highest BCUT2D eigenvalue weighted by Crippen LogP contribution is 2.18. The van der Waals surface area contributed by atoms with Gasteiger partial charge >= 0.3 is 5.97 Å². The molecule has 1 rings (SSSR count). The van der Waals surface area contributed by atoms with E-state index < -0.39 is 5.97 Å². The summed E-state index contributed by atoms with van der Waals surface area (Å²) in [6.45, 7) is 0.468. The zero-order chi connectivity index (χ0) is 11.3. The Morgan fingerprint density at radius 2 is 2.53 bits per heavy atom. The molecule has 0 radical (unpaired) electrons. The molecule has 1 amide bonds. The highest BCUT2D eigenvalue weighted by molar-refractivity contribution is 8.02. The van der Waals surface area contributed by atoms with Crippen molar-refractivity contribution in [2.24, 2.45) is 5.16 Å². The SMILES string of the molecule is CO/N=C(\C(=O)O)C1=CSCCN1C=O. The second-order valence-corrected chi connectivity index (χ2v) is 3.58. The Bertz CT molecular complexity index is 327. The first-order valence-corrected chi connectivity index (χ1v) is 5.14. The quantitative estimate of drug-likeness (QED) is 0.421. The van der Waals surface area contributed by atoms with Crippen molar-refractivity contribution in [3.63, 3.8) is 0 Å². The number of aliphatic carboxylic acids is 1. The van der Waals surface area contributed by atoms with Crippen molar-refractivity contribution >= 4 is 29.9 Å². The van der Waals surface area contributed by atoms with Crippen LogP contribution in [-0.4, -0.2) is 47.5 Å². The van der Waals surface area contributed by atoms with Crippen molar-refractivity contribution < 1.29 is 19.5 Å². The maximum Gasteiger partial charge on any atom is 0.360 e. The fourth-order valence-electron chi connectivity index (χ4n) is 1.07. The van der Waals surface area contributed by atoms with E-state index in [1.807, 2.05) is 0 Å². The van der Waals surface area contributed by atoms with E-state index >= 15 is 0 Å². The zero-order valence-electron chi connectivity index (χ0n) is 8.04. The average molecular weight is 230 g/mol. The lowest BCUT2D eigenvalue weighted by atomic mass is 10.2. The van der Waals surface area contributed by atoms with Crippen LogP contribution in [0.1, 0.15) is 0 Å². The van der Waals surface area contributed by atoms with Gasteiger partial charge in [-0.2, -0.15) is 0 Å². The molecule has 15 heavy (non-hydrogen) atoms. The molecule has 0 spiro atoms. The number of carbonyl (C=O) groups is 2. The third kappa shape index (κ3) is 2.72. The van der Waals surface area contributed by atoms with E-state index in [-0.39, 0.29) is 11.4 Å². The molecule has 1 aliphatic rings. The molecule has 0 saturated heterocycles. The number of amides is 1. The summed E-state index contributed by atoms with van der Waals surface area (Å²) in [5, 5.41) is 13.8. The average Bonchev–Trinajstić information content (AvgIpc) is 2.25. The third-order valence-corrected chi connectivity index (χ3v) is 2.52. The minimum Gasteiger partial charge on any atom is -0.476 e. The van der Waals surface area contributed by atoms with Crippen molar-refractivity contribution in [1.82, 2.24) is 4.90 Å². The van der Waals surface area contributed by atoms with Crippen LogP contribution in [-0.2, 0) is 14.4 Å². The van der Waals surface area contributed by atoms with Gasteiger partial charge in [0.2, 0.25) is 12.1 Å². The minimum atomic E-state index is -1.22. The number of carboxylic acids is 1. The first kappa shape index (κ1) is 11.6. The number of carboxylic acid groups (broad SMARTS) is 1. The monoisotopic (exact) mass is 230 g/mol. The Hall–Kier alpha value is -1.50. The molecule has 82 valence electrons. The van der Waals surface area contributed by atoms with Crippen molar-refractivity contribution in [3.8, 4) is 0 Å². The van der Waals surface area contributed by atoms with Crippen LogP contribution < -0.4 is 0 Å². The molecule has 6 nitrogen and oxygen atoms in total. The predicted octanol–water partition coefficient (Wildman–Crippen LogP) is 0.120. The summed E-state index contributed by atoms with van der Waals surface area (Å²) in [4.78, 5) is 27.3. The molecule has 7 heteroatoms. The van der Waals surface area contributed by atoms with Gasteiger partial charge in [-0.25, -0.2) is 4.79 Å². The number of carbonyl (C=O) groups excluding carboxylic acids is 1. The fraction of sp³-hybridized carbons (Fsp3) is 0.375. The van der Waals surface area contributed by atoms with Gasteiger partial charge in [0.15, 0.2) is 0 Å². The standard InChI is InChI=1S/C8H10N2O4S/c1-14-9-7(8(12)13)6-4-15-3-2-10(6)5-11/h4-5H,2-3H2,1H3,(H,12,13)/b9-7-. The van der Waals surface area contributed by atoms with Gasteiger partial charge in [0.1, 0.15) is 7.11 Å². The third-order valence-electron chi connectivity index (χ3n) is 1.71. The van der Waals surface area contributed by atoms with Crippen LogP contribution in [0.25, 0.3) is 0 Å². The molecule has 1 aliphatic heterocycles. The van der Waals surface area contributed by atoms with Gasteiger partial charge < -0.3 is 14.8 Å². The molecule has 1 N–H and O–H groups in total. The Balaban J connectivity index is 3.00. The Labute approximate surface area is 90.6 Å². The number of hydrogen-bond donors (Lipinski definition) is 1. The lowest BCUT2D eigenvalue weighted by Gasteiger charge is -2.23. The van der Waals surface area contributed by atoms with E-state index in [0.717, 1.165) is 5.75 Å². The van der Waals surface area contributed by atoms with Gasteiger partial charge in [-0.3, -0.25) is 4.79 Å². The fourth-order valence-corrected chi connectivity index (χ4v) is 1.89. The predicted molar refractivity (Wildman–Crippen MR) is 55.4 cm³/mol. The van der Waals surface area contributed by atoms with Crippen molar-refractivity contribution in [1.29, 1.82) is 0 Å². The number of nitrogens with zero attached hydrogens (tertiary/aromatic N) is 2. The van der Waals surface area contributed by atoms with Crippen LogP contribution in [0.4, 0.5) is 0 Å². The van der Waals surface area contributed by atoms with Crippen LogP contribution in [0.3, 0.4) is 0 Å². The van der Waals surface area contributed by atoms with E-state index in [2.05, 4.69) is 9.99 Å². The highest BCUT2D eigenvalue weighted by Gasteiger charge is 2.24. The van der Waals surface area contributed by atoms with Crippen molar-refractivity contribution in [3.05, 3.63) is 11.1 Å². The van der Waals surface area contributed by atoms with Crippen LogP contribution >= 0.6 is 11.8 Å². The van der Waals surface area contributed by atoms with Gasteiger partial charge in [0, 0.05) is 12.3 Å². The molecule has 0 aliphatic carbocycles. The largest absolute Gasteiger partial charge is 0.476 e. The summed E-state index contributed by atoms with van der Waals surface area (Å²) in [7, 11) is 1.25. The smallest absolute Gasteiger partial charge is 0.360 e. The summed E-state index contributed by atoms with van der Waals surface area (Å²) in [6, 6.07) is 0. The first-order valence-electron chi connectivity index (χ1n) is 4.09. The molecule has 0 unspecified atom stereocenters. The van der Waals surface area contributed by atoms with Gasteiger partial charge in [-0.15, -0.1) is 11.8 Å². The lowest BCUT2D eigenvalue weighted by molar-refractivity contribution is -0.129. The highest BCUT2D eigenvalue weighted by atomic mass is 32.2. The molecule has 0 atom stereocenters. The molecule has 0 saturated carbocycles. The summed E-state index contributed by atoms with van der Waals surface area (Å²) >= 11 is 1.43. The maximum absolute atomic E-state index is 10.8. The second kappa shape index (κ2) is 5.40. The number of thioether (sulfide) groups is 1. The van der Waals surface area contributed by atoms with E-state index in [0.29, 0.717) is 13.0 Å². The topological polar surface area (TPSA) is 79.2 Å². The van der Waals surface area contributed by atoms with Crippen molar-refractivity contribution in [2.45, 2.75) is 0 Å². The maximum atomic E-state index is 10.8. The lowest BCUT2D eigenvalue weighted by Crippen LogP contribution is -2.34. The Morgan fingerprint density at radius 1 is 1.80 bits per heavy atom. The van der Waals surface area contributed by atoms with E-state index in [1.165, 1.54) is 23.8 Å². The molecule has 0 aromatic heterocycles. The molecule has 1 heterocycles. The zero-order valence-corrected chi connectivity index (χ0v) is 8.86. The minimum absolute atomic E-state index is 0.260. The van der Waals surface area contributed by atoms with Crippen LogP contribution in [0, 0.1) is 0 Å². The van der Waals surface area contributed by atoms with Crippen LogP contribution in [0.2, 0.25) is 0 Å². The molecular weight excluding hydrogens is 220 g/mol. The van der Waals surface area contributed by atoms with Crippen LogP contribution in [0.15, 0.2) is 16.3 Å². The van der Waals surface area contributed by atoms with Gasteiger partial charge in [-0.1, -0.05) is 5.16 Å². The van der Waals surface area contributed by atoms with Gasteiger partial charge in [0.25, 0.3) is 0 Å². The number of oxime groups is 1. The van der Waals surface area contributed by atoms with E-state index in [1.54, 1.807) is 5.41 Å². The normalized spacial score (nSPS) is 17.0. The van der Waals surface area contributed by atoms with Crippen molar-refractivity contribution in [2.75, 3.05) is 19.4 Å². The molecular formula is C8H10N2O4S. The van der Waals surface area contributed by atoms with E-state index in [9.17, 15) is 9.59 Å². The number of rotatable bonds is 4.